The number of tetrazole rings is 1. The molecule has 0 aliphatic heterocycles. The van der Waals surface area contributed by atoms with Crippen molar-refractivity contribution < 1.29 is 9.90 Å². The fraction of sp³-hybridized carbons (Fsp3) is 0.333. The minimum Gasteiger partial charge on any atom is -0.481 e. The van der Waals surface area contributed by atoms with E-state index in [0.29, 0.717) is 36.5 Å². The number of benzene rings is 2. The lowest BCUT2D eigenvalue weighted by Crippen LogP contribution is -2.31. The Hall–Kier alpha value is -4.14. The second-order valence-corrected chi connectivity index (χ2v) is 8.69. The fourth-order valence-corrected chi connectivity index (χ4v) is 4.34. The minimum absolute atomic E-state index is 0.0902. The van der Waals surface area contributed by atoms with E-state index in [1.165, 1.54) is 0 Å². The summed E-state index contributed by atoms with van der Waals surface area (Å²) in [5, 5.41) is 23.4. The number of carbonyl (C=O) groups is 1. The van der Waals surface area contributed by atoms with E-state index >= 15 is 0 Å². The zero-order valence-electron chi connectivity index (χ0n) is 20.6. The Morgan fingerprint density at radius 2 is 1.78 bits per heavy atom. The van der Waals surface area contributed by atoms with Gasteiger partial charge in [0.05, 0.1) is 12.2 Å². The first kappa shape index (κ1) is 25.0. The Morgan fingerprint density at radius 3 is 2.42 bits per heavy atom. The average Bonchev–Trinajstić information content (AvgIpc) is 3.43. The van der Waals surface area contributed by atoms with Crippen molar-refractivity contribution in [2.75, 3.05) is 0 Å². The topological polar surface area (TPSA) is 127 Å². The average molecular weight is 487 g/mol. The lowest BCUT2D eigenvalue weighted by atomic mass is 9.98. The highest BCUT2D eigenvalue weighted by Crippen LogP contribution is 2.29. The highest BCUT2D eigenvalue weighted by molar-refractivity contribution is 5.80. The predicted octanol–water partition coefficient (Wildman–Crippen LogP) is 4.06. The lowest BCUT2D eigenvalue weighted by molar-refractivity contribution is -0.136. The highest BCUT2D eigenvalue weighted by Gasteiger charge is 2.17. The van der Waals surface area contributed by atoms with Crippen molar-refractivity contribution in [1.29, 1.82) is 0 Å². The number of carboxylic acids is 1. The van der Waals surface area contributed by atoms with Gasteiger partial charge in [-0.25, -0.2) is 10.1 Å². The summed E-state index contributed by atoms with van der Waals surface area (Å²) in [4.78, 5) is 29.5. The zero-order chi connectivity index (χ0) is 25.5. The Morgan fingerprint density at radius 1 is 1.03 bits per heavy atom. The fourth-order valence-electron chi connectivity index (χ4n) is 4.34. The second-order valence-electron chi connectivity index (χ2n) is 8.69. The van der Waals surface area contributed by atoms with Crippen molar-refractivity contribution in [2.45, 2.75) is 58.9 Å². The van der Waals surface area contributed by atoms with Crippen molar-refractivity contribution >= 4 is 5.97 Å². The van der Waals surface area contributed by atoms with E-state index in [1.54, 1.807) is 4.57 Å². The van der Waals surface area contributed by atoms with E-state index in [2.05, 4.69) is 27.5 Å². The molecule has 0 amide bonds. The van der Waals surface area contributed by atoms with Gasteiger partial charge in [-0.05, 0) is 46.4 Å². The van der Waals surface area contributed by atoms with Gasteiger partial charge in [0.15, 0.2) is 5.82 Å². The molecule has 0 aliphatic carbocycles. The first-order valence-electron chi connectivity index (χ1n) is 12.3. The van der Waals surface area contributed by atoms with Crippen LogP contribution in [0.2, 0.25) is 0 Å². The molecule has 0 radical (unpaired) electrons. The molecule has 0 spiro atoms. The molecule has 4 aromatic rings. The monoisotopic (exact) mass is 486 g/mol. The summed E-state index contributed by atoms with van der Waals surface area (Å²) >= 11 is 0. The van der Waals surface area contributed by atoms with Crippen LogP contribution >= 0.6 is 0 Å². The maximum absolute atomic E-state index is 13.5. The quantitative estimate of drug-likeness (QED) is 0.327. The number of aryl methyl sites for hydroxylation is 2. The highest BCUT2D eigenvalue weighted by atomic mass is 16.4. The molecule has 2 heterocycles. The molecule has 0 unspecified atom stereocenters. The van der Waals surface area contributed by atoms with Crippen LogP contribution in [0, 0.1) is 0 Å². The maximum atomic E-state index is 13.5. The van der Waals surface area contributed by atoms with Crippen LogP contribution < -0.4 is 5.56 Å². The number of H-pyrrole nitrogens is 1. The van der Waals surface area contributed by atoms with Crippen LogP contribution in [-0.4, -0.2) is 41.3 Å². The number of hydrogen-bond donors (Lipinski definition) is 2. The van der Waals surface area contributed by atoms with Gasteiger partial charge in [0.1, 0.15) is 5.82 Å². The molecule has 2 N–H and O–H groups in total. The molecule has 0 saturated heterocycles. The van der Waals surface area contributed by atoms with Crippen LogP contribution in [0.5, 0.6) is 0 Å². The number of nitrogens with one attached hydrogen (secondary N) is 1. The predicted molar refractivity (Wildman–Crippen MR) is 137 cm³/mol. The molecule has 0 atom stereocenters. The second kappa shape index (κ2) is 11.5. The molecule has 0 aliphatic rings. The van der Waals surface area contributed by atoms with Crippen molar-refractivity contribution in [1.82, 2.24) is 30.2 Å². The molecule has 2 aromatic carbocycles. The molecular weight excluding hydrogens is 456 g/mol. The van der Waals surface area contributed by atoms with Crippen LogP contribution in [-0.2, 0) is 30.6 Å². The smallest absolute Gasteiger partial charge is 0.303 e. The molecule has 0 bridgehead atoms. The number of aromatic nitrogens is 6. The molecule has 9 heteroatoms. The third kappa shape index (κ3) is 5.56. The molecule has 2 aromatic heterocycles. The zero-order valence-corrected chi connectivity index (χ0v) is 20.6. The van der Waals surface area contributed by atoms with Crippen molar-refractivity contribution in [3.63, 3.8) is 0 Å². The van der Waals surface area contributed by atoms with Gasteiger partial charge in [-0.1, -0.05) is 68.8 Å². The van der Waals surface area contributed by atoms with Crippen molar-refractivity contribution in [3.05, 3.63) is 81.5 Å². The van der Waals surface area contributed by atoms with E-state index in [4.69, 9.17) is 10.1 Å². The van der Waals surface area contributed by atoms with Crippen molar-refractivity contribution in [3.8, 4) is 22.5 Å². The summed E-state index contributed by atoms with van der Waals surface area (Å²) in [6.07, 6.45) is 3.31. The van der Waals surface area contributed by atoms with Gasteiger partial charge in [-0.2, -0.15) is 0 Å². The molecule has 4 rings (SSSR count). The summed E-state index contributed by atoms with van der Waals surface area (Å²) in [6, 6.07) is 15.9. The summed E-state index contributed by atoms with van der Waals surface area (Å²) in [7, 11) is 0. The van der Waals surface area contributed by atoms with E-state index in [-0.39, 0.29) is 18.4 Å². The normalized spacial score (nSPS) is 11.1. The molecule has 186 valence electrons. The summed E-state index contributed by atoms with van der Waals surface area (Å²) in [5.41, 5.74) is 4.94. The van der Waals surface area contributed by atoms with E-state index in [9.17, 15) is 9.59 Å². The van der Waals surface area contributed by atoms with Gasteiger partial charge in [0, 0.05) is 24.0 Å². The van der Waals surface area contributed by atoms with Crippen LogP contribution in [0.1, 0.15) is 55.8 Å². The Balaban J connectivity index is 1.68. The van der Waals surface area contributed by atoms with Crippen LogP contribution in [0.25, 0.3) is 22.5 Å². The van der Waals surface area contributed by atoms with E-state index in [0.717, 1.165) is 40.9 Å². The minimum atomic E-state index is -0.921. The largest absolute Gasteiger partial charge is 0.481 e. The third-order valence-corrected chi connectivity index (χ3v) is 6.24. The van der Waals surface area contributed by atoms with Gasteiger partial charge < -0.3 is 5.11 Å². The van der Waals surface area contributed by atoms with E-state index in [1.807, 2.05) is 55.5 Å². The molecule has 9 nitrogen and oxygen atoms in total. The molecular formula is C27H30N6O3. The summed E-state index contributed by atoms with van der Waals surface area (Å²) in [5.74, 6) is 0.429. The van der Waals surface area contributed by atoms with Crippen LogP contribution in [0.4, 0.5) is 0 Å². The first-order valence-corrected chi connectivity index (χ1v) is 12.3. The maximum Gasteiger partial charge on any atom is 0.303 e. The first-order chi connectivity index (χ1) is 17.5. The van der Waals surface area contributed by atoms with Gasteiger partial charge in [0.25, 0.3) is 5.56 Å². The number of hydrogen-bond acceptors (Lipinski definition) is 6. The van der Waals surface area contributed by atoms with Gasteiger partial charge in [-0.3, -0.25) is 14.2 Å². The molecule has 0 saturated carbocycles. The summed E-state index contributed by atoms with van der Waals surface area (Å²) < 4.78 is 1.72. The lowest BCUT2D eigenvalue weighted by Gasteiger charge is -2.17. The number of aliphatic carboxylic acids is 1. The number of aromatic amines is 1. The SMILES string of the molecule is CCCCc1nc(CC)c(CCC(=O)O)c(=O)n1Cc1ccc(-c2ccccc2-c2nnn[nH]2)cc1. The van der Waals surface area contributed by atoms with E-state index < -0.39 is 5.97 Å². The Bertz CT molecular complexity index is 1380. The van der Waals surface area contributed by atoms with Gasteiger partial charge >= 0.3 is 5.97 Å². The number of carboxylic acid groups (broad SMARTS) is 1. The number of rotatable bonds is 11. The number of unbranched alkanes of at least 4 members (excludes halogenated alkanes) is 1. The third-order valence-electron chi connectivity index (χ3n) is 6.24. The Kier molecular flexibility index (Phi) is 7.99. The number of nitrogens with zero attached hydrogens (tertiary/aromatic N) is 5. The Labute approximate surface area is 209 Å². The standard InChI is InChI=1S/C27H30N6O3/c1-3-5-10-24-28-23(4-2)22(15-16-25(34)35)27(36)33(24)17-18-11-13-19(14-12-18)20-8-6-7-9-21(20)26-29-31-32-30-26/h6-9,11-14H,3-5,10,15-17H2,1-2H3,(H,34,35)(H,29,30,31,32). The van der Waals surface area contributed by atoms with Gasteiger partial charge in [-0.15, -0.1) is 5.10 Å². The van der Waals surface area contributed by atoms with Crippen LogP contribution in [0.3, 0.4) is 0 Å². The molecule has 0 fully saturated rings. The van der Waals surface area contributed by atoms with Crippen LogP contribution in [0.15, 0.2) is 53.3 Å². The molecule has 36 heavy (non-hydrogen) atoms. The van der Waals surface area contributed by atoms with Crippen molar-refractivity contribution in [2.24, 2.45) is 0 Å². The van der Waals surface area contributed by atoms with Gasteiger partial charge in [0.2, 0.25) is 0 Å². The summed E-state index contributed by atoms with van der Waals surface area (Å²) in [6.45, 7) is 4.43.